The SMILES string of the molecule is COC(=O)c1ccc(NCN2C(=O)S/C(=C/c3ccccc3Cl)C2=O)cc1. The maximum atomic E-state index is 12.5. The Morgan fingerprint density at radius 2 is 1.89 bits per heavy atom. The van der Waals surface area contributed by atoms with Gasteiger partial charge in [-0.25, -0.2) is 4.79 Å². The van der Waals surface area contributed by atoms with Crippen molar-refractivity contribution in [1.29, 1.82) is 0 Å². The fraction of sp³-hybridized carbons (Fsp3) is 0.105. The van der Waals surface area contributed by atoms with Gasteiger partial charge in [-0.1, -0.05) is 29.8 Å². The molecule has 0 spiro atoms. The van der Waals surface area contributed by atoms with Crippen LogP contribution in [0.15, 0.2) is 53.4 Å². The van der Waals surface area contributed by atoms with Crippen LogP contribution in [0.3, 0.4) is 0 Å². The molecule has 1 aliphatic rings. The zero-order chi connectivity index (χ0) is 19.4. The lowest BCUT2D eigenvalue weighted by Gasteiger charge is -2.14. The maximum Gasteiger partial charge on any atom is 0.337 e. The molecular weight excluding hydrogens is 388 g/mol. The number of halogens is 1. The quantitative estimate of drug-likeness (QED) is 0.595. The van der Waals surface area contributed by atoms with Crippen LogP contribution in [0.1, 0.15) is 15.9 Å². The second kappa shape index (κ2) is 8.28. The van der Waals surface area contributed by atoms with Crippen molar-refractivity contribution in [3.8, 4) is 0 Å². The summed E-state index contributed by atoms with van der Waals surface area (Å²) in [7, 11) is 1.31. The standard InChI is InChI=1S/C19H15ClN2O4S/c1-26-18(24)12-6-8-14(9-7-12)21-11-22-17(23)16(27-19(22)25)10-13-4-2-3-5-15(13)20/h2-10,21H,11H2,1H3/b16-10+. The van der Waals surface area contributed by atoms with Crippen molar-refractivity contribution in [2.45, 2.75) is 0 Å². The van der Waals surface area contributed by atoms with Gasteiger partial charge in [-0.3, -0.25) is 14.5 Å². The lowest BCUT2D eigenvalue weighted by molar-refractivity contribution is -0.122. The Balaban J connectivity index is 1.67. The van der Waals surface area contributed by atoms with E-state index in [-0.39, 0.29) is 17.8 Å². The number of esters is 1. The number of carbonyl (C=O) groups excluding carboxylic acids is 3. The summed E-state index contributed by atoms with van der Waals surface area (Å²) in [5.41, 5.74) is 1.75. The molecule has 1 aliphatic heterocycles. The van der Waals surface area contributed by atoms with E-state index < -0.39 is 5.97 Å². The fourth-order valence-corrected chi connectivity index (χ4v) is 3.40. The van der Waals surface area contributed by atoms with Gasteiger partial charge in [0.2, 0.25) is 0 Å². The smallest absolute Gasteiger partial charge is 0.337 e. The topological polar surface area (TPSA) is 75.7 Å². The minimum Gasteiger partial charge on any atom is -0.465 e. The zero-order valence-electron chi connectivity index (χ0n) is 14.3. The van der Waals surface area contributed by atoms with Gasteiger partial charge in [0.1, 0.15) is 0 Å². The first-order valence-corrected chi connectivity index (χ1v) is 9.11. The average Bonchev–Trinajstić information content (AvgIpc) is 2.94. The van der Waals surface area contributed by atoms with E-state index in [0.29, 0.717) is 26.7 Å². The highest BCUT2D eigenvalue weighted by Gasteiger charge is 2.34. The molecule has 1 N–H and O–H groups in total. The van der Waals surface area contributed by atoms with Crippen LogP contribution < -0.4 is 5.32 Å². The lowest BCUT2D eigenvalue weighted by atomic mass is 10.2. The van der Waals surface area contributed by atoms with E-state index >= 15 is 0 Å². The van der Waals surface area contributed by atoms with Gasteiger partial charge in [0.05, 0.1) is 24.2 Å². The van der Waals surface area contributed by atoms with Gasteiger partial charge < -0.3 is 10.1 Å². The summed E-state index contributed by atoms with van der Waals surface area (Å²) in [5.74, 6) is -0.819. The van der Waals surface area contributed by atoms with Crippen LogP contribution >= 0.6 is 23.4 Å². The molecule has 2 aromatic carbocycles. The highest BCUT2D eigenvalue weighted by Crippen LogP contribution is 2.33. The van der Waals surface area contributed by atoms with Crippen LogP contribution in [0, 0.1) is 0 Å². The summed E-state index contributed by atoms with van der Waals surface area (Å²) in [6.45, 7) is 0.0160. The minimum absolute atomic E-state index is 0.0160. The Labute approximate surface area is 165 Å². The number of nitrogens with one attached hydrogen (secondary N) is 1. The van der Waals surface area contributed by atoms with Crippen LogP contribution in [-0.2, 0) is 9.53 Å². The van der Waals surface area contributed by atoms with E-state index in [2.05, 4.69) is 10.1 Å². The molecule has 2 aromatic rings. The second-order valence-corrected chi connectivity index (χ2v) is 6.94. The van der Waals surface area contributed by atoms with Gasteiger partial charge in [0.15, 0.2) is 0 Å². The first-order valence-electron chi connectivity index (χ1n) is 7.92. The average molecular weight is 403 g/mol. The molecule has 1 saturated heterocycles. The molecule has 1 fully saturated rings. The van der Waals surface area contributed by atoms with Crippen LogP contribution in [0.25, 0.3) is 6.08 Å². The summed E-state index contributed by atoms with van der Waals surface area (Å²) in [5, 5.41) is 3.14. The van der Waals surface area contributed by atoms with Gasteiger partial charge in [0.25, 0.3) is 11.1 Å². The van der Waals surface area contributed by atoms with E-state index in [9.17, 15) is 14.4 Å². The molecule has 6 nitrogen and oxygen atoms in total. The number of nitrogens with zero attached hydrogens (tertiary/aromatic N) is 1. The number of ether oxygens (including phenoxy) is 1. The number of imide groups is 1. The third-order valence-electron chi connectivity index (χ3n) is 3.81. The second-order valence-electron chi connectivity index (χ2n) is 5.54. The molecule has 2 amide bonds. The highest BCUT2D eigenvalue weighted by atomic mass is 35.5. The fourth-order valence-electron chi connectivity index (χ4n) is 2.38. The summed E-state index contributed by atoms with van der Waals surface area (Å²) in [6.07, 6.45) is 1.61. The number of methoxy groups -OCH3 is 1. The Bertz CT molecular complexity index is 928. The molecule has 0 aromatic heterocycles. The van der Waals surface area contributed by atoms with Gasteiger partial charge in [-0.2, -0.15) is 0 Å². The Kier molecular flexibility index (Phi) is 5.83. The molecular formula is C19H15ClN2O4S. The monoisotopic (exact) mass is 402 g/mol. The van der Waals surface area contributed by atoms with Crippen molar-refractivity contribution in [2.24, 2.45) is 0 Å². The molecule has 0 unspecified atom stereocenters. The van der Waals surface area contributed by atoms with Gasteiger partial charge in [-0.05, 0) is 53.7 Å². The van der Waals surface area contributed by atoms with Crippen molar-refractivity contribution in [3.05, 3.63) is 69.6 Å². The van der Waals surface area contributed by atoms with Gasteiger partial charge >= 0.3 is 5.97 Å². The Morgan fingerprint density at radius 3 is 2.56 bits per heavy atom. The summed E-state index contributed by atoms with van der Waals surface area (Å²) >= 11 is 6.97. The van der Waals surface area contributed by atoms with Crippen LogP contribution in [0.5, 0.6) is 0 Å². The lowest BCUT2D eigenvalue weighted by Crippen LogP contribution is -2.33. The predicted molar refractivity (Wildman–Crippen MR) is 106 cm³/mol. The number of benzene rings is 2. The maximum absolute atomic E-state index is 12.5. The molecule has 27 heavy (non-hydrogen) atoms. The zero-order valence-corrected chi connectivity index (χ0v) is 15.8. The number of hydrogen-bond acceptors (Lipinski definition) is 6. The van der Waals surface area contributed by atoms with E-state index in [1.807, 2.05) is 6.07 Å². The van der Waals surface area contributed by atoms with E-state index in [4.69, 9.17) is 11.6 Å². The number of thioether (sulfide) groups is 1. The normalized spacial score (nSPS) is 15.3. The van der Waals surface area contributed by atoms with Crippen molar-refractivity contribution in [3.63, 3.8) is 0 Å². The summed E-state index contributed by atoms with van der Waals surface area (Å²) in [4.78, 5) is 37.5. The van der Waals surface area contributed by atoms with Crippen molar-refractivity contribution in [2.75, 3.05) is 19.1 Å². The summed E-state index contributed by atoms with van der Waals surface area (Å²) < 4.78 is 4.64. The van der Waals surface area contributed by atoms with Crippen LogP contribution in [0.4, 0.5) is 10.5 Å². The molecule has 3 rings (SSSR count). The molecule has 0 atom stereocenters. The van der Waals surface area contributed by atoms with Gasteiger partial charge in [0, 0.05) is 10.7 Å². The highest BCUT2D eigenvalue weighted by molar-refractivity contribution is 8.18. The first-order chi connectivity index (χ1) is 13.0. The number of hydrogen-bond donors (Lipinski definition) is 1. The van der Waals surface area contributed by atoms with Crippen LogP contribution in [0.2, 0.25) is 5.02 Å². The van der Waals surface area contributed by atoms with E-state index in [1.54, 1.807) is 48.5 Å². The Hall–Kier alpha value is -2.77. The predicted octanol–water partition coefficient (Wildman–Crippen LogP) is 4.23. The number of carbonyl (C=O) groups is 3. The molecule has 0 aliphatic carbocycles. The van der Waals surface area contributed by atoms with Gasteiger partial charge in [-0.15, -0.1) is 0 Å². The minimum atomic E-state index is -0.433. The molecule has 1 heterocycles. The largest absolute Gasteiger partial charge is 0.465 e. The van der Waals surface area contributed by atoms with E-state index in [0.717, 1.165) is 16.7 Å². The van der Waals surface area contributed by atoms with Crippen molar-refractivity contribution >= 4 is 52.2 Å². The number of amides is 2. The summed E-state index contributed by atoms with van der Waals surface area (Å²) in [6, 6.07) is 13.6. The number of rotatable bonds is 5. The van der Waals surface area contributed by atoms with Crippen LogP contribution in [-0.4, -0.2) is 35.8 Å². The third-order valence-corrected chi connectivity index (χ3v) is 5.06. The van der Waals surface area contributed by atoms with Crippen molar-refractivity contribution in [1.82, 2.24) is 4.90 Å². The first kappa shape index (κ1) is 19.0. The molecule has 8 heteroatoms. The molecule has 138 valence electrons. The third kappa shape index (κ3) is 4.32. The van der Waals surface area contributed by atoms with Crippen molar-refractivity contribution < 1.29 is 19.1 Å². The molecule has 0 bridgehead atoms. The number of anilines is 1. The Morgan fingerprint density at radius 1 is 1.19 bits per heavy atom. The molecule has 0 radical (unpaired) electrons. The van der Waals surface area contributed by atoms with E-state index in [1.165, 1.54) is 7.11 Å². The molecule has 0 saturated carbocycles.